The SMILES string of the molecule is C[C@]12CC[C@H](O)C[C@@H]1CC[C@@H]1[C@@H]2CC[C@@]2(C)[C@H]1CC[C@@H]2[C@](C)(O)[Na]. The van der Waals surface area contributed by atoms with Crippen LogP contribution < -0.4 is 0 Å². The van der Waals surface area contributed by atoms with Crippen LogP contribution in [-0.2, 0) is 0 Å². The van der Waals surface area contributed by atoms with Crippen LogP contribution in [0.15, 0.2) is 0 Å². The number of aliphatic hydroxyl groups is 2. The van der Waals surface area contributed by atoms with Crippen molar-refractivity contribution in [2.75, 3.05) is 0 Å². The Morgan fingerprint density at radius 2 is 1.58 bits per heavy atom. The van der Waals surface area contributed by atoms with Crippen LogP contribution in [0.3, 0.4) is 0 Å². The van der Waals surface area contributed by atoms with Gasteiger partial charge in [0.15, 0.2) is 0 Å². The van der Waals surface area contributed by atoms with Gasteiger partial charge in [-0.05, 0) is 0 Å². The van der Waals surface area contributed by atoms with Crippen molar-refractivity contribution in [1.82, 2.24) is 0 Å². The fourth-order valence-corrected chi connectivity index (χ4v) is 9.34. The van der Waals surface area contributed by atoms with Gasteiger partial charge in [0.25, 0.3) is 0 Å². The molecule has 0 aromatic rings. The summed E-state index contributed by atoms with van der Waals surface area (Å²) in [6, 6.07) is 0. The average Bonchev–Trinajstić information content (AvgIpc) is 2.85. The van der Waals surface area contributed by atoms with Crippen molar-refractivity contribution in [1.29, 1.82) is 0 Å². The molecule has 9 atom stereocenters. The molecule has 24 heavy (non-hydrogen) atoms. The predicted molar refractivity (Wildman–Crippen MR) is 97.6 cm³/mol. The number of fused-ring (bicyclic) bond motifs is 5. The molecule has 0 spiro atoms. The Hall–Kier alpha value is 0.920. The fourth-order valence-electron chi connectivity index (χ4n) is 8.40. The summed E-state index contributed by atoms with van der Waals surface area (Å²) >= 11 is 0.891. The van der Waals surface area contributed by atoms with Crippen molar-refractivity contribution in [3.63, 3.8) is 0 Å². The molecule has 4 rings (SSSR count). The summed E-state index contributed by atoms with van der Waals surface area (Å²) < 4.78 is -0.396. The molecule has 0 aromatic heterocycles. The topological polar surface area (TPSA) is 40.5 Å². The zero-order valence-corrected chi connectivity index (χ0v) is 18.2. The summed E-state index contributed by atoms with van der Waals surface area (Å²) in [6.07, 6.45) is 11.3. The van der Waals surface area contributed by atoms with E-state index < -0.39 is 2.85 Å². The van der Waals surface area contributed by atoms with Crippen LogP contribution in [-0.4, -0.2) is 47.1 Å². The van der Waals surface area contributed by atoms with Crippen LogP contribution in [0, 0.1) is 40.4 Å². The van der Waals surface area contributed by atoms with Gasteiger partial charge in [0.1, 0.15) is 0 Å². The first-order valence-corrected chi connectivity index (χ1v) is 11.6. The quantitative estimate of drug-likeness (QED) is 0.710. The van der Waals surface area contributed by atoms with Gasteiger partial charge in [0.05, 0.1) is 0 Å². The number of rotatable bonds is 1. The molecule has 0 saturated heterocycles. The van der Waals surface area contributed by atoms with E-state index in [1.165, 1.54) is 44.9 Å². The molecule has 0 amide bonds. The molecule has 132 valence electrons. The minimum atomic E-state index is -0.396. The molecule has 0 unspecified atom stereocenters. The third-order valence-corrected chi connectivity index (χ3v) is 10.2. The molecule has 2 nitrogen and oxygen atoms in total. The average molecular weight is 342 g/mol. The predicted octanol–water partition coefficient (Wildman–Crippen LogP) is 3.88. The molecule has 4 saturated carbocycles. The van der Waals surface area contributed by atoms with E-state index >= 15 is 0 Å². The minimum absolute atomic E-state index is 0.0375. The van der Waals surface area contributed by atoms with Gasteiger partial charge in [0.2, 0.25) is 0 Å². The van der Waals surface area contributed by atoms with Crippen molar-refractivity contribution in [3.8, 4) is 0 Å². The van der Waals surface area contributed by atoms with Gasteiger partial charge in [-0.2, -0.15) is 0 Å². The molecule has 4 aliphatic rings. The van der Waals surface area contributed by atoms with Gasteiger partial charge < -0.3 is 0 Å². The third-order valence-electron chi connectivity index (χ3n) is 9.49. The van der Waals surface area contributed by atoms with Crippen LogP contribution in [0.5, 0.6) is 0 Å². The van der Waals surface area contributed by atoms with Crippen molar-refractivity contribution < 1.29 is 10.2 Å². The van der Waals surface area contributed by atoms with E-state index in [0.29, 0.717) is 16.7 Å². The first kappa shape index (κ1) is 18.3. The van der Waals surface area contributed by atoms with E-state index in [2.05, 4.69) is 20.8 Å². The maximum atomic E-state index is 10.8. The Morgan fingerprint density at radius 3 is 2.29 bits per heavy atom. The monoisotopic (exact) mass is 342 g/mol. The number of hydrogen-bond acceptors (Lipinski definition) is 2. The fraction of sp³-hybridized carbons (Fsp3) is 1.00. The van der Waals surface area contributed by atoms with E-state index in [-0.39, 0.29) is 6.10 Å². The Morgan fingerprint density at radius 1 is 0.917 bits per heavy atom. The second-order valence-electron chi connectivity index (χ2n) is 10.9. The molecular weight excluding hydrogens is 307 g/mol. The maximum absolute atomic E-state index is 10.8. The van der Waals surface area contributed by atoms with E-state index in [1.807, 2.05) is 0 Å². The first-order valence-electron chi connectivity index (χ1n) is 10.6. The molecule has 4 aliphatic carbocycles. The number of aliphatic hydroxyl groups excluding tert-OH is 1. The standard InChI is InChI=1S/C21H35O2.Na/c1-13(22)17-6-7-18-16-5-4-14-12-15(23)8-10-20(14,2)19(16)9-11-21(17,18)3;/h14-19,22-23H,4-12H2,1-3H3;/t14-,15-,16-,17+,18-,19-,20-,21+;/m0./s1. The summed E-state index contributed by atoms with van der Waals surface area (Å²) in [4.78, 5) is 0. The van der Waals surface area contributed by atoms with Gasteiger partial charge in [0, 0.05) is 0 Å². The molecule has 0 radical (unpaired) electrons. The molecule has 0 bridgehead atoms. The van der Waals surface area contributed by atoms with Crippen molar-refractivity contribution >= 4 is 27.9 Å². The second kappa shape index (κ2) is 5.96. The summed E-state index contributed by atoms with van der Waals surface area (Å²) in [5, 5.41) is 21.0. The van der Waals surface area contributed by atoms with Crippen molar-refractivity contribution in [2.45, 2.75) is 87.5 Å². The van der Waals surface area contributed by atoms with Crippen molar-refractivity contribution in [2.24, 2.45) is 40.4 Å². The summed E-state index contributed by atoms with van der Waals surface area (Å²) in [7, 11) is 0. The van der Waals surface area contributed by atoms with Crippen LogP contribution in [0.25, 0.3) is 0 Å². The van der Waals surface area contributed by atoms with Crippen LogP contribution in [0.1, 0.15) is 78.6 Å². The van der Waals surface area contributed by atoms with Gasteiger partial charge >= 0.3 is 166 Å². The van der Waals surface area contributed by atoms with Crippen molar-refractivity contribution in [3.05, 3.63) is 0 Å². The van der Waals surface area contributed by atoms with Gasteiger partial charge in [-0.15, -0.1) is 0 Å². The van der Waals surface area contributed by atoms with Crippen LogP contribution in [0.4, 0.5) is 0 Å². The van der Waals surface area contributed by atoms with E-state index in [1.54, 1.807) is 0 Å². The normalized spacial score (nSPS) is 56.8. The van der Waals surface area contributed by atoms with Gasteiger partial charge in [-0.3, -0.25) is 0 Å². The summed E-state index contributed by atoms with van der Waals surface area (Å²) in [5.74, 6) is 3.88. The van der Waals surface area contributed by atoms with E-state index in [0.717, 1.165) is 64.4 Å². The Labute approximate surface area is 165 Å². The van der Waals surface area contributed by atoms with Crippen LogP contribution in [0.2, 0.25) is 0 Å². The Kier molecular flexibility index (Phi) is 4.54. The zero-order chi connectivity index (χ0) is 17.3. The molecule has 0 aliphatic heterocycles. The van der Waals surface area contributed by atoms with Crippen LogP contribution >= 0.6 is 0 Å². The molecule has 0 heterocycles. The Balaban J connectivity index is 1.61. The Bertz CT molecular complexity index is 501. The summed E-state index contributed by atoms with van der Waals surface area (Å²) in [5.41, 5.74) is 0.856. The molecule has 4 fully saturated rings. The third kappa shape index (κ3) is 2.61. The molecule has 3 heteroatoms. The molecular formula is C21H35NaO2. The number of hydrogen-bond donors (Lipinski definition) is 2. The van der Waals surface area contributed by atoms with E-state index in [9.17, 15) is 10.2 Å². The second-order valence-corrected chi connectivity index (χ2v) is 12.9. The molecule has 0 aromatic carbocycles. The van der Waals surface area contributed by atoms with Gasteiger partial charge in [-0.1, -0.05) is 0 Å². The van der Waals surface area contributed by atoms with Gasteiger partial charge in [-0.25, -0.2) is 0 Å². The molecule has 2 N–H and O–H groups in total. The zero-order valence-electron chi connectivity index (χ0n) is 16.2. The first-order chi connectivity index (χ1) is 11.2. The van der Waals surface area contributed by atoms with E-state index in [4.69, 9.17) is 0 Å². The summed E-state index contributed by atoms with van der Waals surface area (Å²) in [6.45, 7) is 7.19.